The van der Waals surface area contributed by atoms with E-state index in [0.717, 1.165) is 11.8 Å². The highest BCUT2D eigenvalue weighted by Crippen LogP contribution is 2.31. The van der Waals surface area contributed by atoms with Crippen LogP contribution in [0.5, 0.6) is 0 Å². The van der Waals surface area contributed by atoms with Crippen LogP contribution in [-0.4, -0.2) is 26.2 Å². The Morgan fingerprint density at radius 2 is 1.88 bits per heavy atom. The Morgan fingerprint density at radius 3 is 2.42 bits per heavy atom. The van der Waals surface area contributed by atoms with Gasteiger partial charge in [0.25, 0.3) is 0 Å². The van der Waals surface area contributed by atoms with E-state index in [2.05, 4.69) is 0 Å². The molecule has 122 valence electrons. The van der Waals surface area contributed by atoms with Gasteiger partial charge in [-0.15, -0.1) is 11.8 Å². The van der Waals surface area contributed by atoms with Crippen molar-refractivity contribution in [3.63, 3.8) is 0 Å². The van der Waals surface area contributed by atoms with Crippen molar-refractivity contribution in [3.05, 3.63) is 59.2 Å². The number of carboxylic acid groups (broad SMARTS) is 1. The van der Waals surface area contributed by atoms with Crippen LogP contribution in [0.15, 0.2) is 47.5 Å². The fraction of sp³-hybridized carbons (Fsp3) is 0.176. The number of aliphatic carboxylic acids is 1. The number of benzene rings is 1. The fourth-order valence-corrected chi connectivity index (χ4v) is 2.88. The lowest BCUT2D eigenvalue weighted by molar-refractivity contribution is -0.138. The second-order valence-electron chi connectivity index (χ2n) is 5.58. The van der Waals surface area contributed by atoms with E-state index >= 15 is 0 Å². The molecule has 0 unspecified atom stereocenters. The summed E-state index contributed by atoms with van der Waals surface area (Å²) in [6.07, 6.45) is 1.58. The maximum atomic E-state index is 11.3. The third kappa shape index (κ3) is 3.73. The normalized spacial score (nSPS) is 10.9. The zero-order chi connectivity index (χ0) is 17.9. The quantitative estimate of drug-likeness (QED) is 0.451. The van der Waals surface area contributed by atoms with Gasteiger partial charge in [0.1, 0.15) is 16.1 Å². The summed E-state index contributed by atoms with van der Waals surface area (Å²) in [5.41, 5.74) is 1.17. The summed E-state index contributed by atoms with van der Waals surface area (Å²) < 4.78 is 0.361. The number of hydrogen-bond donors (Lipinski definition) is 3. The van der Waals surface area contributed by atoms with Crippen molar-refractivity contribution in [1.29, 1.82) is 16.1 Å². The molecule has 0 spiro atoms. The van der Waals surface area contributed by atoms with Crippen LogP contribution < -0.4 is 5.49 Å². The van der Waals surface area contributed by atoms with E-state index in [9.17, 15) is 9.90 Å². The molecule has 1 aromatic carbocycles. The number of aromatic nitrogens is 1. The van der Waals surface area contributed by atoms with E-state index in [1.165, 1.54) is 10.6 Å². The highest BCUT2D eigenvalue weighted by Gasteiger charge is 2.28. The van der Waals surface area contributed by atoms with E-state index in [1.54, 1.807) is 50.4 Å². The number of carbonyl (C=O) groups is 1. The van der Waals surface area contributed by atoms with Crippen LogP contribution in [0, 0.1) is 22.1 Å². The third-order valence-electron chi connectivity index (χ3n) is 3.34. The number of nitriles is 1. The van der Waals surface area contributed by atoms with Crippen LogP contribution >= 0.6 is 11.8 Å². The molecule has 1 heterocycles. The highest BCUT2D eigenvalue weighted by atomic mass is 32.2. The predicted molar refractivity (Wildman–Crippen MR) is 91.2 cm³/mol. The van der Waals surface area contributed by atoms with Crippen molar-refractivity contribution in [2.75, 3.05) is 0 Å². The van der Waals surface area contributed by atoms with Gasteiger partial charge in [0, 0.05) is 16.7 Å². The summed E-state index contributed by atoms with van der Waals surface area (Å²) in [5, 5.41) is 34.3. The Labute approximate surface area is 143 Å². The Bertz CT molecular complexity index is 892. The standard InChI is InChI=1S/C17H16N4O2S/c1-17(2,16(22)23)24-13-7-8-14(19)21(10-13)15(20)12-5-3-11(9-18)4-6-12/h3-8,10,19-20H,1-2H3,(H,22,23). The fourth-order valence-electron chi connectivity index (χ4n) is 1.91. The van der Waals surface area contributed by atoms with Crippen molar-refractivity contribution in [3.8, 4) is 6.07 Å². The average molecular weight is 340 g/mol. The minimum atomic E-state index is -1.02. The number of nitrogens with zero attached hydrogens (tertiary/aromatic N) is 2. The molecule has 0 aliphatic rings. The molecule has 0 aliphatic heterocycles. The number of carboxylic acids is 1. The first-order valence-corrected chi connectivity index (χ1v) is 7.85. The Kier molecular flexibility index (Phi) is 4.90. The van der Waals surface area contributed by atoms with Gasteiger partial charge >= 0.3 is 5.97 Å². The molecule has 24 heavy (non-hydrogen) atoms. The van der Waals surface area contributed by atoms with Crippen molar-refractivity contribution in [2.45, 2.75) is 23.5 Å². The molecular formula is C17H16N4O2S. The maximum absolute atomic E-state index is 11.3. The number of hydrogen-bond acceptors (Lipinski definition) is 5. The van der Waals surface area contributed by atoms with Crippen molar-refractivity contribution >= 4 is 23.6 Å². The minimum absolute atomic E-state index is 0.0834. The van der Waals surface area contributed by atoms with Gasteiger partial charge in [-0.2, -0.15) is 5.26 Å². The van der Waals surface area contributed by atoms with Gasteiger partial charge in [0.05, 0.1) is 11.6 Å². The SMILES string of the molecule is CC(C)(Sc1ccc(=N)n(C(=N)c2ccc(C#N)cc2)c1)C(=O)O. The van der Waals surface area contributed by atoms with E-state index in [-0.39, 0.29) is 11.3 Å². The van der Waals surface area contributed by atoms with Gasteiger partial charge in [0.15, 0.2) is 0 Å². The van der Waals surface area contributed by atoms with Gasteiger partial charge in [-0.25, -0.2) is 0 Å². The van der Waals surface area contributed by atoms with Crippen LogP contribution in [0.3, 0.4) is 0 Å². The van der Waals surface area contributed by atoms with Crippen LogP contribution in [0.4, 0.5) is 0 Å². The maximum Gasteiger partial charge on any atom is 0.319 e. The number of thioether (sulfide) groups is 1. The second-order valence-corrected chi connectivity index (χ2v) is 7.27. The third-order valence-corrected chi connectivity index (χ3v) is 4.50. The lowest BCUT2D eigenvalue weighted by atomic mass is 10.1. The molecule has 0 saturated carbocycles. The van der Waals surface area contributed by atoms with Gasteiger partial charge in [-0.3, -0.25) is 20.2 Å². The zero-order valence-electron chi connectivity index (χ0n) is 13.2. The first kappa shape index (κ1) is 17.5. The van der Waals surface area contributed by atoms with Crippen LogP contribution in [0.1, 0.15) is 25.0 Å². The smallest absolute Gasteiger partial charge is 0.319 e. The van der Waals surface area contributed by atoms with E-state index < -0.39 is 10.7 Å². The number of rotatable bonds is 4. The second kappa shape index (κ2) is 6.72. The summed E-state index contributed by atoms with van der Waals surface area (Å²) in [4.78, 5) is 11.9. The molecule has 0 fully saturated rings. The molecule has 0 aliphatic carbocycles. The summed E-state index contributed by atoms with van der Waals surface area (Å²) >= 11 is 1.15. The van der Waals surface area contributed by atoms with Gasteiger partial charge in [-0.05, 0) is 50.2 Å². The number of nitrogens with one attached hydrogen (secondary N) is 2. The molecule has 3 N–H and O–H groups in total. The van der Waals surface area contributed by atoms with Crippen molar-refractivity contribution < 1.29 is 9.90 Å². The van der Waals surface area contributed by atoms with Crippen LogP contribution in [0.2, 0.25) is 0 Å². The van der Waals surface area contributed by atoms with E-state index in [0.29, 0.717) is 16.0 Å². The van der Waals surface area contributed by atoms with Gasteiger partial charge in [0.2, 0.25) is 0 Å². The van der Waals surface area contributed by atoms with Crippen molar-refractivity contribution in [2.24, 2.45) is 0 Å². The molecular weight excluding hydrogens is 324 g/mol. The molecule has 1 aromatic heterocycles. The average Bonchev–Trinajstić information content (AvgIpc) is 2.55. The minimum Gasteiger partial charge on any atom is -0.480 e. The largest absolute Gasteiger partial charge is 0.480 e. The molecule has 0 atom stereocenters. The molecule has 0 amide bonds. The van der Waals surface area contributed by atoms with E-state index in [1.807, 2.05) is 6.07 Å². The summed E-state index contributed by atoms with van der Waals surface area (Å²) in [6, 6.07) is 11.7. The summed E-state index contributed by atoms with van der Waals surface area (Å²) in [7, 11) is 0. The summed E-state index contributed by atoms with van der Waals surface area (Å²) in [6.45, 7) is 3.20. The molecule has 7 heteroatoms. The monoisotopic (exact) mass is 340 g/mol. The van der Waals surface area contributed by atoms with E-state index in [4.69, 9.17) is 16.1 Å². The topological polar surface area (TPSA) is 114 Å². The Morgan fingerprint density at radius 1 is 1.25 bits per heavy atom. The van der Waals surface area contributed by atoms with Crippen molar-refractivity contribution in [1.82, 2.24) is 4.57 Å². The predicted octanol–water partition coefficient (Wildman–Crippen LogP) is 2.67. The zero-order valence-corrected chi connectivity index (χ0v) is 14.0. The molecule has 2 aromatic rings. The summed E-state index contributed by atoms with van der Waals surface area (Å²) in [5.74, 6) is -0.851. The first-order valence-electron chi connectivity index (χ1n) is 7.04. The lowest BCUT2D eigenvalue weighted by Gasteiger charge is -2.19. The molecule has 0 saturated heterocycles. The highest BCUT2D eigenvalue weighted by molar-refractivity contribution is 8.01. The van der Waals surface area contributed by atoms with Crippen LogP contribution in [-0.2, 0) is 4.79 Å². The molecule has 0 radical (unpaired) electrons. The molecule has 0 bridgehead atoms. The van der Waals surface area contributed by atoms with Gasteiger partial charge < -0.3 is 5.11 Å². The van der Waals surface area contributed by atoms with Crippen LogP contribution in [0.25, 0.3) is 0 Å². The Balaban J connectivity index is 2.37. The lowest BCUT2D eigenvalue weighted by Crippen LogP contribution is -2.29. The van der Waals surface area contributed by atoms with Gasteiger partial charge in [-0.1, -0.05) is 0 Å². The number of pyridine rings is 1. The molecule has 6 nitrogen and oxygen atoms in total. The Hall–Kier alpha value is -2.85. The first-order chi connectivity index (χ1) is 11.2. The molecule has 2 rings (SSSR count).